The summed E-state index contributed by atoms with van der Waals surface area (Å²) >= 11 is 0. The van der Waals surface area contributed by atoms with Gasteiger partial charge in [-0.3, -0.25) is 15.0 Å². The predicted octanol–water partition coefficient (Wildman–Crippen LogP) is 1.64. The summed E-state index contributed by atoms with van der Waals surface area (Å²) in [6, 6.07) is 7.29. The van der Waals surface area contributed by atoms with E-state index in [1.165, 1.54) is 43.3 Å². The molecule has 0 saturated carbocycles. The Morgan fingerprint density at radius 1 is 1.05 bits per heavy atom. The average Bonchev–Trinajstić information content (AvgIpc) is 3.27. The van der Waals surface area contributed by atoms with E-state index in [1.807, 2.05) is 0 Å². The van der Waals surface area contributed by atoms with Crippen LogP contribution in [0, 0.1) is 11.3 Å². The molecular weight excluding hydrogens is 523 g/mol. The summed E-state index contributed by atoms with van der Waals surface area (Å²) in [7, 11) is 0. The quantitative estimate of drug-likeness (QED) is 0.109. The first-order valence-corrected chi connectivity index (χ1v) is 10.3. The first-order valence-electron chi connectivity index (χ1n) is 10.3. The van der Waals surface area contributed by atoms with Crippen LogP contribution in [0.4, 0.5) is 13.2 Å². The van der Waals surface area contributed by atoms with Crippen molar-refractivity contribution in [2.24, 2.45) is 11.7 Å². The van der Waals surface area contributed by atoms with Gasteiger partial charge < -0.3 is 35.5 Å². The van der Waals surface area contributed by atoms with Crippen LogP contribution in [0.5, 0.6) is 5.75 Å². The van der Waals surface area contributed by atoms with Crippen LogP contribution in [0.3, 0.4) is 0 Å². The molecule has 7 N–H and O–H groups in total. The van der Waals surface area contributed by atoms with Crippen molar-refractivity contribution >= 4 is 35.6 Å². The molecule has 2 rings (SSSR count). The van der Waals surface area contributed by atoms with E-state index in [9.17, 15) is 32.3 Å². The zero-order valence-corrected chi connectivity index (χ0v) is 19.4. The van der Waals surface area contributed by atoms with Gasteiger partial charge in [-0.1, -0.05) is 6.92 Å². The van der Waals surface area contributed by atoms with Crippen molar-refractivity contribution in [3.63, 3.8) is 0 Å². The number of furan rings is 1. The first-order chi connectivity index (χ1) is 17.5. The molecule has 0 radical (unpaired) electrons. The number of alkyl halides is 3. The highest BCUT2D eigenvalue weighted by Gasteiger charge is 2.38. The Labute approximate surface area is 211 Å². The Balaban J connectivity index is 0.000000905. The van der Waals surface area contributed by atoms with Crippen LogP contribution < -0.4 is 15.8 Å². The zero-order chi connectivity index (χ0) is 29.2. The number of halogens is 3. The number of nitrogens with one attached hydrogen (secondary N) is 2. The summed E-state index contributed by atoms with van der Waals surface area (Å²) in [5.74, 6) is -7.47. The number of ether oxygens (including phenoxy) is 1. The van der Waals surface area contributed by atoms with E-state index < -0.39 is 54.3 Å². The van der Waals surface area contributed by atoms with E-state index >= 15 is 0 Å². The molecular formula is C22H22F3N3O10. The Bertz CT molecular complexity index is 1190. The Morgan fingerprint density at radius 2 is 1.61 bits per heavy atom. The van der Waals surface area contributed by atoms with Gasteiger partial charge in [0.2, 0.25) is 11.7 Å². The molecule has 0 unspecified atom stereocenters. The molecule has 16 heteroatoms. The monoisotopic (exact) mass is 545 g/mol. The molecule has 2 atom stereocenters. The van der Waals surface area contributed by atoms with E-state index in [4.69, 9.17) is 40.4 Å². The van der Waals surface area contributed by atoms with Crippen molar-refractivity contribution in [1.82, 2.24) is 5.32 Å². The summed E-state index contributed by atoms with van der Waals surface area (Å²) in [5, 5.41) is 34.4. The summed E-state index contributed by atoms with van der Waals surface area (Å²) in [5.41, 5.74) is 5.83. The predicted molar refractivity (Wildman–Crippen MR) is 120 cm³/mol. The lowest BCUT2D eigenvalue weighted by molar-refractivity contribution is -0.192. The minimum Gasteiger partial charge on any atom is -0.481 e. The SMILES string of the molecule is C[C@@H](Cc1ccc(C(=O)Oc2ccc(C(=N)N)cc2)o1)C(=O)N[C@H](CC(=O)O)C(=O)O.O=C(O)C(F)(F)F. The van der Waals surface area contributed by atoms with E-state index in [0.717, 1.165) is 0 Å². The lowest BCUT2D eigenvalue weighted by Gasteiger charge is -2.15. The maximum Gasteiger partial charge on any atom is 0.490 e. The van der Waals surface area contributed by atoms with E-state index in [-0.39, 0.29) is 29.5 Å². The zero-order valence-electron chi connectivity index (χ0n) is 19.4. The molecule has 1 amide bonds. The molecule has 0 fully saturated rings. The third kappa shape index (κ3) is 10.4. The van der Waals surface area contributed by atoms with Crippen molar-refractivity contribution < 1.29 is 61.6 Å². The second-order valence-electron chi connectivity index (χ2n) is 7.50. The van der Waals surface area contributed by atoms with Crippen molar-refractivity contribution in [2.45, 2.75) is 32.0 Å². The van der Waals surface area contributed by atoms with Crippen molar-refractivity contribution in [2.75, 3.05) is 0 Å². The second kappa shape index (κ2) is 13.4. The molecule has 2 aromatic rings. The number of carbonyl (C=O) groups excluding carboxylic acids is 2. The molecule has 38 heavy (non-hydrogen) atoms. The highest BCUT2D eigenvalue weighted by atomic mass is 19.4. The van der Waals surface area contributed by atoms with Crippen LogP contribution in [-0.2, 0) is 25.6 Å². The van der Waals surface area contributed by atoms with Crippen LogP contribution in [0.15, 0.2) is 40.8 Å². The van der Waals surface area contributed by atoms with Gasteiger partial charge in [0.25, 0.3) is 0 Å². The fourth-order valence-electron chi connectivity index (χ4n) is 2.54. The Morgan fingerprint density at radius 3 is 2.05 bits per heavy atom. The smallest absolute Gasteiger partial charge is 0.481 e. The number of carboxylic acids is 3. The second-order valence-corrected chi connectivity index (χ2v) is 7.50. The number of carbonyl (C=O) groups is 5. The summed E-state index contributed by atoms with van der Waals surface area (Å²) < 4.78 is 42.3. The molecule has 1 aromatic heterocycles. The lowest BCUT2D eigenvalue weighted by Crippen LogP contribution is -2.44. The Kier molecular flexibility index (Phi) is 11.0. The van der Waals surface area contributed by atoms with Gasteiger partial charge in [-0.2, -0.15) is 13.2 Å². The summed E-state index contributed by atoms with van der Waals surface area (Å²) in [6.07, 6.45) is -5.79. The van der Waals surface area contributed by atoms with Crippen LogP contribution in [0.25, 0.3) is 0 Å². The molecule has 0 saturated heterocycles. The van der Waals surface area contributed by atoms with Gasteiger partial charge in [0.15, 0.2) is 0 Å². The maximum atomic E-state index is 12.2. The van der Waals surface area contributed by atoms with Gasteiger partial charge in [-0.05, 0) is 36.4 Å². The molecule has 0 spiro atoms. The van der Waals surface area contributed by atoms with Crippen LogP contribution in [-0.4, -0.2) is 63.2 Å². The van der Waals surface area contributed by atoms with Crippen molar-refractivity contribution in [3.8, 4) is 5.75 Å². The highest BCUT2D eigenvalue weighted by molar-refractivity contribution is 5.95. The highest BCUT2D eigenvalue weighted by Crippen LogP contribution is 2.18. The first kappa shape index (κ1) is 31.1. The summed E-state index contributed by atoms with van der Waals surface area (Å²) in [6.45, 7) is 1.51. The number of carboxylic acid groups (broad SMARTS) is 3. The molecule has 1 aromatic carbocycles. The minimum atomic E-state index is -5.08. The number of hydrogen-bond acceptors (Lipinski definition) is 8. The molecule has 0 aliphatic heterocycles. The number of rotatable bonds is 10. The standard InChI is InChI=1S/C20H21N3O8.C2HF3O2/c1-10(18(26)23-14(19(27)28)9-16(24)25)8-13-6-7-15(30-13)20(29)31-12-4-2-11(3-5-12)17(21)22;3-2(4,5)1(6)7/h2-7,10,14H,8-9H2,1H3,(H3,21,22)(H,23,26)(H,24,25)(H,27,28);(H,6,7)/t10-,14+;/m0./s1. The van der Waals surface area contributed by atoms with Gasteiger partial charge in [0.05, 0.1) is 6.42 Å². The van der Waals surface area contributed by atoms with Crippen molar-refractivity contribution in [1.29, 1.82) is 5.41 Å². The van der Waals surface area contributed by atoms with E-state index in [1.54, 1.807) is 0 Å². The van der Waals surface area contributed by atoms with Crippen LogP contribution in [0.1, 0.15) is 35.2 Å². The third-order valence-electron chi connectivity index (χ3n) is 4.43. The number of amides is 1. The topological polar surface area (TPSA) is 230 Å². The molecule has 0 bridgehead atoms. The number of nitrogen functional groups attached to an aromatic ring is 1. The normalized spacial score (nSPS) is 12.2. The summed E-state index contributed by atoms with van der Waals surface area (Å²) in [4.78, 5) is 55.1. The number of nitrogens with two attached hydrogens (primary N) is 1. The van der Waals surface area contributed by atoms with E-state index in [2.05, 4.69) is 5.32 Å². The number of aliphatic carboxylic acids is 3. The Hall–Kier alpha value is -4.89. The molecule has 13 nitrogen and oxygen atoms in total. The van der Waals surface area contributed by atoms with Gasteiger partial charge in [-0.15, -0.1) is 0 Å². The largest absolute Gasteiger partial charge is 0.490 e. The maximum absolute atomic E-state index is 12.2. The van der Waals surface area contributed by atoms with Gasteiger partial charge in [0.1, 0.15) is 23.4 Å². The van der Waals surface area contributed by atoms with Crippen molar-refractivity contribution in [3.05, 3.63) is 53.5 Å². The van der Waals surface area contributed by atoms with Crippen LogP contribution in [0.2, 0.25) is 0 Å². The average molecular weight is 545 g/mol. The molecule has 206 valence electrons. The number of benzene rings is 1. The fourth-order valence-corrected chi connectivity index (χ4v) is 2.54. The number of amidine groups is 1. The number of hydrogen-bond donors (Lipinski definition) is 6. The lowest BCUT2D eigenvalue weighted by atomic mass is 10.0. The fraction of sp³-hybridized carbons (Fsp3) is 0.273. The molecule has 1 heterocycles. The van der Waals surface area contributed by atoms with Gasteiger partial charge in [0, 0.05) is 17.9 Å². The van der Waals surface area contributed by atoms with E-state index in [0.29, 0.717) is 5.56 Å². The molecule has 0 aliphatic rings. The van der Waals surface area contributed by atoms with Crippen LogP contribution >= 0.6 is 0 Å². The third-order valence-corrected chi connectivity index (χ3v) is 4.43. The van der Waals surface area contributed by atoms with Gasteiger partial charge in [-0.25, -0.2) is 14.4 Å². The van der Waals surface area contributed by atoms with Gasteiger partial charge >= 0.3 is 30.1 Å². The molecule has 0 aliphatic carbocycles. The minimum absolute atomic E-state index is 0.0475. The number of esters is 1.